The molecule has 7 aromatic carbocycles. The Morgan fingerprint density at radius 3 is 1.56 bits per heavy atom. The van der Waals surface area contributed by atoms with Gasteiger partial charge in [-0.1, -0.05) is 140 Å². The minimum absolute atomic E-state index is 0.564. The Bertz CT molecular complexity index is 2800. The van der Waals surface area contributed by atoms with Crippen LogP contribution in [0, 0.1) is 0 Å². The zero-order valence-corrected chi connectivity index (χ0v) is 26.9. The van der Waals surface area contributed by atoms with Crippen molar-refractivity contribution in [3.8, 4) is 51.0 Å². The third-order valence-electron chi connectivity index (χ3n) is 9.48. The molecule has 0 atom stereocenters. The number of hydrogen-bond donors (Lipinski definition) is 0. The third kappa shape index (κ3) is 4.52. The first-order valence-electron chi connectivity index (χ1n) is 16.7. The molecule has 3 heterocycles. The molecule has 0 amide bonds. The molecular weight excluding hydrogens is 613 g/mol. The summed E-state index contributed by atoms with van der Waals surface area (Å²) >= 11 is 0. The molecule has 234 valence electrons. The highest BCUT2D eigenvalue weighted by atomic mass is 16.3. The first kappa shape index (κ1) is 28.2. The Hall–Kier alpha value is -6.85. The predicted octanol–water partition coefficient (Wildman–Crippen LogP) is 11.5. The number of hydrogen-bond acceptors (Lipinski definition) is 4. The Balaban J connectivity index is 1.22. The SMILES string of the molecule is c1ccc(-c2nc(-c3ccc4c(c3)oc3c(-c5ccccc5)ccc(-c5ccccc5)c34)nc(-n3c4ccccc4c4ccccc43)n2)cc1. The fourth-order valence-electron chi connectivity index (χ4n) is 7.17. The largest absolute Gasteiger partial charge is 0.455 e. The van der Waals surface area contributed by atoms with E-state index in [1.807, 2.05) is 42.5 Å². The summed E-state index contributed by atoms with van der Waals surface area (Å²) in [6.07, 6.45) is 0. The topological polar surface area (TPSA) is 56.7 Å². The zero-order chi connectivity index (χ0) is 33.0. The Kier molecular flexibility index (Phi) is 6.42. The quantitative estimate of drug-likeness (QED) is 0.188. The summed E-state index contributed by atoms with van der Waals surface area (Å²) in [6.45, 7) is 0. The number of para-hydroxylation sites is 2. The molecule has 0 fully saturated rings. The molecule has 0 N–H and O–H groups in total. The van der Waals surface area contributed by atoms with Crippen LogP contribution in [0.3, 0.4) is 0 Å². The van der Waals surface area contributed by atoms with E-state index in [0.29, 0.717) is 17.6 Å². The van der Waals surface area contributed by atoms with Gasteiger partial charge in [-0.05, 0) is 47.0 Å². The highest BCUT2D eigenvalue weighted by molar-refractivity contribution is 6.16. The van der Waals surface area contributed by atoms with Crippen molar-refractivity contribution < 1.29 is 4.42 Å². The van der Waals surface area contributed by atoms with Gasteiger partial charge in [0.15, 0.2) is 11.6 Å². The number of fused-ring (bicyclic) bond motifs is 6. The van der Waals surface area contributed by atoms with Gasteiger partial charge in [-0.15, -0.1) is 0 Å². The van der Waals surface area contributed by atoms with E-state index in [9.17, 15) is 0 Å². The lowest BCUT2D eigenvalue weighted by molar-refractivity contribution is 0.670. The lowest BCUT2D eigenvalue weighted by Gasteiger charge is -2.11. The predicted molar refractivity (Wildman–Crippen MR) is 203 cm³/mol. The monoisotopic (exact) mass is 640 g/mol. The first-order chi connectivity index (χ1) is 24.8. The van der Waals surface area contributed by atoms with Crippen LogP contribution in [0.15, 0.2) is 174 Å². The van der Waals surface area contributed by atoms with Crippen LogP contribution in [0.1, 0.15) is 0 Å². The van der Waals surface area contributed by atoms with Crippen molar-refractivity contribution >= 4 is 43.7 Å². The van der Waals surface area contributed by atoms with E-state index in [1.165, 1.54) is 0 Å². The van der Waals surface area contributed by atoms with Crippen molar-refractivity contribution in [1.82, 2.24) is 19.5 Å². The zero-order valence-electron chi connectivity index (χ0n) is 26.9. The number of aromatic nitrogens is 4. The molecule has 0 unspecified atom stereocenters. The van der Waals surface area contributed by atoms with Gasteiger partial charge in [0.25, 0.3) is 0 Å². The maximum Gasteiger partial charge on any atom is 0.238 e. The van der Waals surface area contributed by atoms with Gasteiger partial charge in [-0.3, -0.25) is 4.57 Å². The fourth-order valence-corrected chi connectivity index (χ4v) is 7.17. The smallest absolute Gasteiger partial charge is 0.238 e. The maximum atomic E-state index is 6.82. The van der Waals surface area contributed by atoms with Crippen molar-refractivity contribution in [3.63, 3.8) is 0 Å². The molecular formula is C45H28N4O. The minimum atomic E-state index is 0.564. The number of rotatable bonds is 5. The molecule has 50 heavy (non-hydrogen) atoms. The van der Waals surface area contributed by atoms with Crippen molar-refractivity contribution in [3.05, 3.63) is 170 Å². The second-order valence-electron chi connectivity index (χ2n) is 12.4. The van der Waals surface area contributed by atoms with E-state index in [2.05, 4.69) is 132 Å². The lowest BCUT2D eigenvalue weighted by Crippen LogP contribution is -2.06. The van der Waals surface area contributed by atoms with E-state index in [1.54, 1.807) is 0 Å². The molecule has 0 saturated heterocycles. The van der Waals surface area contributed by atoms with Crippen LogP contribution in [0.4, 0.5) is 0 Å². The van der Waals surface area contributed by atoms with Gasteiger partial charge in [-0.2, -0.15) is 9.97 Å². The molecule has 0 spiro atoms. The molecule has 10 rings (SSSR count). The van der Waals surface area contributed by atoms with E-state index < -0.39 is 0 Å². The summed E-state index contributed by atoms with van der Waals surface area (Å²) in [5.41, 5.74) is 9.92. The summed E-state index contributed by atoms with van der Waals surface area (Å²) in [7, 11) is 0. The van der Waals surface area contributed by atoms with Crippen LogP contribution >= 0.6 is 0 Å². The number of nitrogens with zero attached hydrogens (tertiary/aromatic N) is 4. The van der Waals surface area contributed by atoms with Crippen LogP contribution < -0.4 is 0 Å². The molecule has 5 heteroatoms. The Morgan fingerprint density at radius 1 is 0.400 bits per heavy atom. The van der Waals surface area contributed by atoms with Gasteiger partial charge < -0.3 is 4.42 Å². The van der Waals surface area contributed by atoms with E-state index in [-0.39, 0.29) is 0 Å². The van der Waals surface area contributed by atoms with Gasteiger partial charge in [-0.25, -0.2) is 4.98 Å². The molecule has 0 radical (unpaired) electrons. The molecule has 0 bridgehead atoms. The van der Waals surface area contributed by atoms with Crippen molar-refractivity contribution in [2.45, 2.75) is 0 Å². The molecule has 3 aromatic heterocycles. The van der Waals surface area contributed by atoms with Crippen LogP contribution in [-0.4, -0.2) is 19.5 Å². The summed E-state index contributed by atoms with van der Waals surface area (Å²) in [5.74, 6) is 1.74. The van der Waals surface area contributed by atoms with Crippen LogP contribution in [0.25, 0.3) is 94.7 Å². The first-order valence-corrected chi connectivity index (χ1v) is 16.7. The molecule has 10 aromatic rings. The standard InChI is InChI=1S/C45H28N4O/c1-4-14-29(15-5-1)33-26-27-34(30-16-6-2-7-17-30)42-41(33)37-25-24-32(28-40(37)50-42)44-46-43(31-18-8-3-9-19-31)47-45(48-44)49-38-22-12-10-20-35(38)36-21-11-13-23-39(36)49/h1-28H. The second kappa shape index (κ2) is 11.4. The van der Waals surface area contributed by atoms with Gasteiger partial charge in [0.2, 0.25) is 5.95 Å². The summed E-state index contributed by atoms with van der Waals surface area (Å²) in [6, 6.07) is 58.5. The molecule has 0 aliphatic heterocycles. The Morgan fingerprint density at radius 2 is 0.920 bits per heavy atom. The van der Waals surface area contributed by atoms with Gasteiger partial charge >= 0.3 is 0 Å². The van der Waals surface area contributed by atoms with Crippen molar-refractivity contribution in [2.24, 2.45) is 0 Å². The van der Waals surface area contributed by atoms with Gasteiger partial charge in [0.05, 0.1) is 11.0 Å². The van der Waals surface area contributed by atoms with Crippen molar-refractivity contribution in [1.29, 1.82) is 0 Å². The average molecular weight is 641 g/mol. The van der Waals surface area contributed by atoms with Gasteiger partial charge in [0.1, 0.15) is 11.2 Å². The molecule has 0 saturated carbocycles. The van der Waals surface area contributed by atoms with Crippen LogP contribution in [0.2, 0.25) is 0 Å². The van der Waals surface area contributed by atoms with Gasteiger partial charge in [0, 0.05) is 38.2 Å². The van der Waals surface area contributed by atoms with E-state index >= 15 is 0 Å². The maximum absolute atomic E-state index is 6.82. The second-order valence-corrected chi connectivity index (χ2v) is 12.4. The average Bonchev–Trinajstić information content (AvgIpc) is 3.74. The Labute approximate surface area is 287 Å². The normalized spacial score (nSPS) is 11.6. The van der Waals surface area contributed by atoms with Crippen LogP contribution in [-0.2, 0) is 0 Å². The van der Waals surface area contributed by atoms with Crippen molar-refractivity contribution in [2.75, 3.05) is 0 Å². The molecule has 0 aliphatic carbocycles. The minimum Gasteiger partial charge on any atom is -0.455 e. The summed E-state index contributed by atoms with van der Waals surface area (Å²) in [4.78, 5) is 15.3. The van der Waals surface area contributed by atoms with E-state index in [4.69, 9.17) is 19.4 Å². The number of furan rings is 1. The number of benzene rings is 7. The third-order valence-corrected chi connectivity index (χ3v) is 9.48. The van der Waals surface area contributed by atoms with Crippen LogP contribution in [0.5, 0.6) is 0 Å². The highest BCUT2D eigenvalue weighted by Crippen LogP contribution is 2.42. The highest BCUT2D eigenvalue weighted by Gasteiger charge is 2.20. The molecule has 0 aliphatic rings. The summed E-state index contributed by atoms with van der Waals surface area (Å²) in [5, 5.41) is 4.43. The fraction of sp³-hybridized carbons (Fsp3) is 0. The molecule has 5 nitrogen and oxygen atoms in total. The van der Waals surface area contributed by atoms with E-state index in [0.717, 1.165) is 77.1 Å². The lowest BCUT2D eigenvalue weighted by atomic mass is 9.94. The summed E-state index contributed by atoms with van der Waals surface area (Å²) < 4.78 is 8.96.